The van der Waals surface area contributed by atoms with E-state index in [0.717, 1.165) is 19.3 Å². The van der Waals surface area contributed by atoms with Gasteiger partial charge < -0.3 is 5.32 Å². The van der Waals surface area contributed by atoms with Gasteiger partial charge >= 0.3 is 0 Å². The number of benzene rings is 1. The predicted octanol–water partition coefficient (Wildman–Crippen LogP) is 3.34. The minimum atomic E-state index is -0.00341. The quantitative estimate of drug-likeness (QED) is 0.905. The maximum absolute atomic E-state index is 12.5. The van der Waals surface area contributed by atoms with Gasteiger partial charge in [0, 0.05) is 16.6 Å². The average Bonchev–Trinajstić information content (AvgIpc) is 3.02. The van der Waals surface area contributed by atoms with Crippen LogP contribution in [0.1, 0.15) is 42.6 Å². The summed E-state index contributed by atoms with van der Waals surface area (Å²) in [4.78, 5) is 16.5. The molecule has 3 atom stereocenters. The van der Waals surface area contributed by atoms with Gasteiger partial charge in [0.05, 0.1) is 6.04 Å². The normalized spacial score (nSPS) is 26.8. The summed E-state index contributed by atoms with van der Waals surface area (Å²) in [6.45, 7) is 2.15. The van der Waals surface area contributed by atoms with Crippen LogP contribution in [-0.2, 0) is 0 Å². The summed E-state index contributed by atoms with van der Waals surface area (Å²) in [6, 6.07) is 7.79. The van der Waals surface area contributed by atoms with E-state index in [0.29, 0.717) is 34.4 Å². The van der Waals surface area contributed by atoms with Crippen LogP contribution in [0.25, 0.3) is 0 Å². The van der Waals surface area contributed by atoms with E-state index in [9.17, 15) is 4.79 Å². The minimum absolute atomic E-state index is 0.00341. The summed E-state index contributed by atoms with van der Waals surface area (Å²) < 4.78 is 1.98. The van der Waals surface area contributed by atoms with Crippen molar-refractivity contribution in [1.29, 1.82) is 0 Å². The molecule has 2 aliphatic rings. The van der Waals surface area contributed by atoms with Gasteiger partial charge in [-0.15, -0.1) is 0 Å². The Labute approximate surface area is 146 Å². The van der Waals surface area contributed by atoms with Gasteiger partial charge in [-0.2, -0.15) is 5.10 Å². The number of aromatic nitrogens is 3. The summed E-state index contributed by atoms with van der Waals surface area (Å²) in [7, 11) is 0. The summed E-state index contributed by atoms with van der Waals surface area (Å²) in [5.41, 5.74) is 0.671. The highest BCUT2D eigenvalue weighted by Crippen LogP contribution is 2.62. The molecule has 0 bridgehead atoms. The fraction of sp³-hybridized carbons (Fsp3) is 0.500. The molecule has 1 N–H and O–H groups in total. The zero-order chi connectivity index (χ0) is 16.7. The fourth-order valence-corrected chi connectivity index (χ4v) is 4.53. The Kier molecular flexibility index (Phi) is 4.04. The van der Waals surface area contributed by atoms with Crippen LogP contribution in [0.3, 0.4) is 0 Å². The Hall–Kier alpha value is -1.88. The molecule has 24 heavy (non-hydrogen) atoms. The van der Waals surface area contributed by atoms with Crippen molar-refractivity contribution in [3.05, 3.63) is 47.5 Å². The number of hydrogen-bond donors (Lipinski definition) is 1. The Bertz CT molecular complexity index is 703. The van der Waals surface area contributed by atoms with Crippen LogP contribution in [0.5, 0.6) is 0 Å². The second-order valence-corrected chi connectivity index (χ2v) is 7.34. The molecule has 5 nitrogen and oxygen atoms in total. The third-order valence-electron chi connectivity index (χ3n) is 5.62. The summed E-state index contributed by atoms with van der Waals surface area (Å²) in [5.74, 6) is 2.01. The van der Waals surface area contributed by atoms with Crippen molar-refractivity contribution < 1.29 is 4.79 Å². The lowest BCUT2D eigenvalue weighted by atomic mass is 9.99. The highest BCUT2D eigenvalue weighted by molar-refractivity contribution is 6.30. The molecular formula is C18H21ClN4O. The first-order valence-electron chi connectivity index (χ1n) is 8.58. The van der Waals surface area contributed by atoms with Crippen molar-refractivity contribution in [1.82, 2.24) is 20.1 Å². The van der Waals surface area contributed by atoms with E-state index in [-0.39, 0.29) is 11.9 Å². The van der Waals surface area contributed by atoms with Gasteiger partial charge in [0.1, 0.15) is 12.7 Å². The number of rotatable bonds is 5. The lowest BCUT2D eigenvalue weighted by Gasteiger charge is -2.21. The number of nitrogens with zero attached hydrogens (tertiary/aromatic N) is 3. The van der Waals surface area contributed by atoms with E-state index >= 15 is 0 Å². The van der Waals surface area contributed by atoms with E-state index in [4.69, 9.17) is 11.6 Å². The number of carbonyl (C=O) groups excluding carboxylic acids is 1. The molecule has 4 rings (SSSR count). The summed E-state index contributed by atoms with van der Waals surface area (Å²) >= 11 is 5.89. The maximum atomic E-state index is 12.5. The molecule has 0 saturated heterocycles. The predicted molar refractivity (Wildman–Crippen MR) is 91.8 cm³/mol. The zero-order valence-corrected chi connectivity index (χ0v) is 14.4. The molecule has 2 aromatic rings. The molecular weight excluding hydrogens is 324 g/mol. The minimum Gasteiger partial charge on any atom is -0.349 e. The van der Waals surface area contributed by atoms with Crippen LogP contribution < -0.4 is 5.32 Å². The summed E-state index contributed by atoms with van der Waals surface area (Å²) in [5, 5.41) is 8.14. The van der Waals surface area contributed by atoms with E-state index in [1.165, 1.54) is 0 Å². The van der Waals surface area contributed by atoms with Gasteiger partial charge in [-0.25, -0.2) is 9.67 Å². The Morgan fingerprint density at radius 3 is 2.62 bits per heavy atom. The highest BCUT2D eigenvalue weighted by Gasteiger charge is 2.59. The summed E-state index contributed by atoms with van der Waals surface area (Å²) in [6.07, 6.45) is 6.66. The third-order valence-corrected chi connectivity index (χ3v) is 5.88. The molecule has 1 aromatic heterocycles. The van der Waals surface area contributed by atoms with Gasteiger partial charge in [-0.3, -0.25) is 4.79 Å². The van der Waals surface area contributed by atoms with E-state index in [1.54, 1.807) is 30.6 Å². The number of hydrogen-bond acceptors (Lipinski definition) is 3. The molecule has 0 unspecified atom stereocenters. The molecule has 2 saturated carbocycles. The van der Waals surface area contributed by atoms with Crippen molar-refractivity contribution in [3.8, 4) is 0 Å². The van der Waals surface area contributed by atoms with Gasteiger partial charge in [-0.05, 0) is 61.3 Å². The first-order chi connectivity index (χ1) is 11.7. The lowest BCUT2D eigenvalue weighted by Crippen LogP contribution is -2.37. The topological polar surface area (TPSA) is 59.8 Å². The molecule has 2 fully saturated rings. The molecule has 0 aliphatic heterocycles. The number of halogens is 1. The number of fused-ring (bicyclic) bond motifs is 1. The van der Waals surface area contributed by atoms with Gasteiger partial charge in [0.25, 0.3) is 5.91 Å². The third kappa shape index (κ3) is 2.81. The number of amides is 1. The molecule has 126 valence electrons. The van der Waals surface area contributed by atoms with Crippen LogP contribution >= 0.6 is 11.6 Å². The van der Waals surface area contributed by atoms with Crippen molar-refractivity contribution in [2.24, 2.45) is 17.8 Å². The lowest BCUT2D eigenvalue weighted by molar-refractivity contribution is 0.0926. The number of nitrogens with one attached hydrogen (secondary N) is 1. The standard InChI is InChI=1S/C18H21ClN4O/c1-2-16(22-18(24)11-3-5-12(19)6-4-11)17-14-7-13(8-15(14)17)23-10-20-9-21-23/h3-6,9-10,13-17H,2,7-8H2,1H3,(H,22,24)/t13?,14-,15-,16-,17?/m1/s1. The van der Waals surface area contributed by atoms with Crippen molar-refractivity contribution in [3.63, 3.8) is 0 Å². The van der Waals surface area contributed by atoms with E-state index in [2.05, 4.69) is 22.3 Å². The molecule has 6 heteroatoms. The van der Waals surface area contributed by atoms with E-state index < -0.39 is 0 Å². The molecule has 1 heterocycles. The van der Waals surface area contributed by atoms with E-state index in [1.807, 2.05) is 11.0 Å². The molecule has 0 spiro atoms. The van der Waals surface area contributed by atoms with Crippen molar-refractivity contribution in [2.45, 2.75) is 38.3 Å². The number of carbonyl (C=O) groups is 1. The Balaban J connectivity index is 1.36. The fourth-order valence-electron chi connectivity index (χ4n) is 4.41. The second kappa shape index (κ2) is 6.20. The molecule has 1 aromatic carbocycles. The first-order valence-corrected chi connectivity index (χ1v) is 8.95. The second-order valence-electron chi connectivity index (χ2n) is 6.90. The Morgan fingerprint density at radius 1 is 1.33 bits per heavy atom. The van der Waals surface area contributed by atoms with Gasteiger partial charge in [0.15, 0.2) is 0 Å². The van der Waals surface area contributed by atoms with Crippen LogP contribution in [0.15, 0.2) is 36.9 Å². The Morgan fingerprint density at radius 2 is 2.04 bits per heavy atom. The van der Waals surface area contributed by atoms with Gasteiger partial charge in [0.2, 0.25) is 0 Å². The molecule has 0 radical (unpaired) electrons. The highest BCUT2D eigenvalue weighted by atomic mass is 35.5. The largest absolute Gasteiger partial charge is 0.349 e. The van der Waals surface area contributed by atoms with Crippen LogP contribution in [0, 0.1) is 17.8 Å². The molecule has 2 aliphatic carbocycles. The smallest absolute Gasteiger partial charge is 0.251 e. The van der Waals surface area contributed by atoms with Crippen LogP contribution in [-0.4, -0.2) is 26.7 Å². The monoisotopic (exact) mass is 344 g/mol. The first kappa shape index (κ1) is 15.6. The van der Waals surface area contributed by atoms with Crippen molar-refractivity contribution in [2.75, 3.05) is 0 Å². The van der Waals surface area contributed by atoms with Gasteiger partial charge in [-0.1, -0.05) is 18.5 Å². The SMILES string of the molecule is CC[C@@H](NC(=O)c1ccc(Cl)cc1)C1[C@@H]2CC(n3cncn3)C[C@@H]12. The van der Waals surface area contributed by atoms with Crippen molar-refractivity contribution >= 4 is 17.5 Å². The zero-order valence-electron chi connectivity index (χ0n) is 13.6. The molecule has 1 amide bonds. The van der Waals surface area contributed by atoms with Crippen LogP contribution in [0.4, 0.5) is 0 Å². The van der Waals surface area contributed by atoms with Crippen LogP contribution in [0.2, 0.25) is 5.02 Å². The maximum Gasteiger partial charge on any atom is 0.251 e. The average molecular weight is 345 g/mol.